The molecule has 0 spiro atoms. The van der Waals surface area contributed by atoms with Gasteiger partial charge >= 0.3 is 0 Å². The van der Waals surface area contributed by atoms with Crippen LogP contribution in [0.5, 0.6) is 0 Å². The predicted molar refractivity (Wildman–Crippen MR) is 69.0 cm³/mol. The molecule has 5 heteroatoms. The van der Waals surface area contributed by atoms with Crippen molar-refractivity contribution in [3.05, 3.63) is 0 Å². The Morgan fingerprint density at radius 1 is 1.28 bits per heavy atom. The molecule has 1 unspecified atom stereocenters. The highest BCUT2D eigenvalue weighted by Crippen LogP contribution is 2.17. The molecule has 2 saturated heterocycles. The van der Waals surface area contributed by atoms with Crippen molar-refractivity contribution in [1.82, 2.24) is 15.1 Å². The van der Waals surface area contributed by atoms with Gasteiger partial charge in [0.25, 0.3) is 0 Å². The summed E-state index contributed by atoms with van der Waals surface area (Å²) in [7, 11) is 0. The molecule has 102 valence electrons. The van der Waals surface area contributed by atoms with Gasteiger partial charge in [-0.1, -0.05) is 6.92 Å². The van der Waals surface area contributed by atoms with Crippen molar-refractivity contribution >= 4 is 11.8 Å². The second kappa shape index (κ2) is 6.18. The number of nitrogens with zero attached hydrogens (tertiary/aromatic N) is 2. The molecule has 0 aromatic heterocycles. The van der Waals surface area contributed by atoms with Crippen LogP contribution in [0.25, 0.3) is 0 Å². The Hall–Kier alpha value is -1.10. The lowest BCUT2D eigenvalue weighted by atomic mass is 9.99. The lowest BCUT2D eigenvalue weighted by Crippen LogP contribution is -2.47. The zero-order chi connectivity index (χ0) is 13.0. The first-order valence-electron chi connectivity index (χ1n) is 6.96. The summed E-state index contributed by atoms with van der Waals surface area (Å²) in [6, 6.07) is 0. The number of likely N-dealkylation sites (tertiary alicyclic amines) is 1. The fraction of sp³-hybridized carbons (Fsp3) is 0.846. The van der Waals surface area contributed by atoms with Gasteiger partial charge < -0.3 is 15.1 Å². The summed E-state index contributed by atoms with van der Waals surface area (Å²) in [5.74, 6) is 0.320. The minimum atomic E-state index is 0.0809. The van der Waals surface area contributed by atoms with Crippen molar-refractivity contribution in [2.24, 2.45) is 5.92 Å². The molecule has 1 N–H and O–H groups in total. The maximum atomic E-state index is 12.2. The minimum Gasteiger partial charge on any atom is -0.340 e. The topological polar surface area (TPSA) is 52.7 Å². The molecule has 0 radical (unpaired) electrons. The molecule has 2 heterocycles. The molecule has 2 aliphatic heterocycles. The Bertz CT molecular complexity index is 311. The largest absolute Gasteiger partial charge is 0.340 e. The number of carbonyl (C=O) groups excluding carboxylic acids is 2. The highest BCUT2D eigenvalue weighted by Gasteiger charge is 2.28. The van der Waals surface area contributed by atoms with Crippen LogP contribution in [0, 0.1) is 5.92 Å². The molecule has 0 saturated carbocycles. The van der Waals surface area contributed by atoms with E-state index < -0.39 is 0 Å². The quantitative estimate of drug-likeness (QED) is 0.757. The predicted octanol–water partition coefficient (Wildman–Crippen LogP) is 0.0668. The van der Waals surface area contributed by atoms with Gasteiger partial charge in [0.05, 0.1) is 6.54 Å². The second-order valence-electron chi connectivity index (χ2n) is 5.29. The fourth-order valence-electron chi connectivity index (χ4n) is 2.65. The Morgan fingerprint density at radius 3 is 2.94 bits per heavy atom. The number of nitrogens with one attached hydrogen (secondary N) is 1. The van der Waals surface area contributed by atoms with E-state index in [4.69, 9.17) is 0 Å². The van der Waals surface area contributed by atoms with Crippen LogP contribution >= 0.6 is 0 Å². The van der Waals surface area contributed by atoms with Crippen molar-refractivity contribution in [1.29, 1.82) is 0 Å². The molecular weight excluding hydrogens is 230 g/mol. The molecule has 2 amide bonds. The summed E-state index contributed by atoms with van der Waals surface area (Å²) in [5.41, 5.74) is 0. The first-order valence-corrected chi connectivity index (χ1v) is 6.96. The Balaban J connectivity index is 1.87. The average molecular weight is 253 g/mol. The number of rotatable bonds is 2. The van der Waals surface area contributed by atoms with E-state index in [1.165, 1.54) is 0 Å². The SMILES string of the molecule is CC1CCCN(CC(=O)N2CCCNCC2)C1=O. The Labute approximate surface area is 108 Å². The normalized spacial score (nSPS) is 26.1. The molecule has 18 heavy (non-hydrogen) atoms. The molecular formula is C13H23N3O2. The molecule has 2 aliphatic rings. The second-order valence-corrected chi connectivity index (χ2v) is 5.29. The third-order valence-electron chi connectivity index (χ3n) is 3.82. The first-order chi connectivity index (χ1) is 8.68. The molecule has 0 aliphatic carbocycles. The van der Waals surface area contributed by atoms with Crippen LogP contribution in [0.3, 0.4) is 0 Å². The molecule has 2 fully saturated rings. The van der Waals surface area contributed by atoms with Crippen LogP contribution in [0.4, 0.5) is 0 Å². The third-order valence-corrected chi connectivity index (χ3v) is 3.82. The van der Waals surface area contributed by atoms with E-state index in [0.29, 0.717) is 0 Å². The zero-order valence-corrected chi connectivity index (χ0v) is 11.2. The van der Waals surface area contributed by atoms with Crippen molar-refractivity contribution in [3.8, 4) is 0 Å². The number of amides is 2. The summed E-state index contributed by atoms with van der Waals surface area (Å²) in [4.78, 5) is 27.7. The molecule has 2 rings (SSSR count). The van der Waals surface area contributed by atoms with Crippen LogP contribution < -0.4 is 5.32 Å². The minimum absolute atomic E-state index is 0.0809. The van der Waals surface area contributed by atoms with E-state index in [9.17, 15) is 9.59 Å². The summed E-state index contributed by atoms with van der Waals surface area (Å²) < 4.78 is 0. The van der Waals surface area contributed by atoms with Crippen molar-refractivity contribution in [2.45, 2.75) is 26.2 Å². The first kappa shape index (κ1) is 13.3. The number of hydrogen-bond acceptors (Lipinski definition) is 3. The highest BCUT2D eigenvalue weighted by molar-refractivity contribution is 5.86. The van der Waals surface area contributed by atoms with E-state index in [1.54, 1.807) is 4.90 Å². The van der Waals surface area contributed by atoms with Gasteiger partial charge in [0.1, 0.15) is 0 Å². The van der Waals surface area contributed by atoms with Crippen LogP contribution in [0.1, 0.15) is 26.2 Å². The lowest BCUT2D eigenvalue weighted by molar-refractivity contribution is -0.144. The third kappa shape index (κ3) is 3.22. The van der Waals surface area contributed by atoms with Gasteiger partial charge in [0.2, 0.25) is 11.8 Å². The maximum Gasteiger partial charge on any atom is 0.242 e. The monoisotopic (exact) mass is 253 g/mol. The van der Waals surface area contributed by atoms with E-state index in [0.717, 1.165) is 52.0 Å². The number of carbonyl (C=O) groups is 2. The molecule has 0 aromatic carbocycles. The van der Waals surface area contributed by atoms with E-state index in [2.05, 4.69) is 5.32 Å². The van der Waals surface area contributed by atoms with Gasteiger partial charge in [-0.2, -0.15) is 0 Å². The highest BCUT2D eigenvalue weighted by atomic mass is 16.2. The summed E-state index contributed by atoms with van der Waals surface area (Å²) >= 11 is 0. The molecule has 0 bridgehead atoms. The van der Waals surface area contributed by atoms with Crippen molar-refractivity contribution in [2.75, 3.05) is 39.3 Å². The maximum absolute atomic E-state index is 12.2. The van der Waals surface area contributed by atoms with Gasteiger partial charge in [-0.3, -0.25) is 9.59 Å². The van der Waals surface area contributed by atoms with Gasteiger partial charge in [0.15, 0.2) is 0 Å². The van der Waals surface area contributed by atoms with E-state index in [1.807, 2.05) is 11.8 Å². The van der Waals surface area contributed by atoms with Crippen LogP contribution in [-0.4, -0.2) is 60.9 Å². The zero-order valence-electron chi connectivity index (χ0n) is 11.2. The summed E-state index contributed by atoms with van der Waals surface area (Å²) in [6.45, 7) is 6.36. The van der Waals surface area contributed by atoms with Gasteiger partial charge in [-0.25, -0.2) is 0 Å². The Kier molecular flexibility index (Phi) is 4.58. The van der Waals surface area contributed by atoms with Crippen LogP contribution in [0.15, 0.2) is 0 Å². The molecule has 1 atom stereocenters. The number of hydrogen-bond donors (Lipinski definition) is 1. The lowest BCUT2D eigenvalue weighted by Gasteiger charge is -2.32. The van der Waals surface area contributed by atoms with E-state index in [-0.39, 0.29) is 24.3 Å². The fourth-order valence-corrected chi connectivity index (χ4v) is 2.65. The van der Waals surface area contributed by atoms with Gasteiger partial charge in [-0.05, 0) is 25.8 Å². The van der Waals surface area contributed by atoms with Gasteiger partial charge in [0, 0.05) is 32.1 Å². The summed E-state index contributed by atoms with van der Waals surface area (Å²) in [5, 5.41) is 3.28. The molecule has 5 nitrogen and oxygen atoms in total. The van der Waals surface area contributed by atoms with Crippen LogP contribution in [-0.2, 0) is 9.59 Å². The summed E-state index contributed by atoms with van der Waals surface area (Å²) in [6.07, 6.45) is 2.97. The van der Waals surface area contributed by atoms with Crippen molar-refractivity contribution in [3.63, 3.8) is 0 Å². The number of piperidine rings is 1. The smallest absolute Gasteiger partial charge is 0.242 e. The standard InChI is InChI=1S/C13H23N3O2/c1-11-4-2-7-16(13(11)18)10-12(17)15-8-3-5-14-6-9-15/h11,14H,2-10H2,1H3. The van der Waals surface area contributed by atoms with Crippen LogP contribution in [0.2, 0.25) is 0 Å². The Morgan fingerprint density at radius 2 is 2.11 bits per heavy atom. The average Bonchev–Trinajstić information content (AvgIpc) is 2.63. The van der Waals surface area contributed by atoms with Crippen molar-refractivity contribution < 1.29 is 9.59 Å². The van der Waals surface area contributed by atoms with Gasteiger partial charge in [-0.15, -0.1) is 0 Å². The molecule has 0 aromatic rings. The van der Waals surface area contributed by atoms with E-state index >= 15 is 0 Å².